The van der Waals surface area contributed by atoms with Crippen molar-refractivity contribution in [3.63, 3.8) is 0 Å². The van der Waals surface area contributed by atoms with Crippen LogP contribution >= 0.6 is 11.3 Å². The molecule has 0 atom stereocenters. The van der Waals surface area contributed by atoms with E-state index < -0.39 is 0 Å². The van der Waals surface area contributed by atoms with Gasteiger partial charge in [0.25, 0.3) is 0 Å². The van der Waals surface area contributed by atoms with Gasteiger partial charge < -0.3 is 9.32 Å². The van der Waals surface area contributed by atoms with Crippen molar-refractivity contribution in [1.82, 2.24) is 0 Å². The minimum atomic E-state index is 0.902. The minimum absolute atomic E-state index is 0.902. The summed E-state index contributed by atoms with van der Waals surface area (Å²) in [6, 6.07) is 49.5. The summed E-state index contributed by atoms with van der Waals surface area (Å²) < 4.78 is 8.73. The lowest BCUT2D eigenvalue weighted by atomic mass is 9.98. The van der Waals surface area contributed by atoms with Gasteiger partial charge in [0.15, 0.2) is 0 Å². The van der Waals surface area contributed by atoms with E-state index in [4.69, 9.17) is 4.42 Å². The topological polar surface area (TPSA) is 16.4 Å². The maximum Gasteiger partial charge on any atom is 0.135 e. The van der Waals surface area contributed by atoms with Gasteiger partial charge in [0.05, 0.1) is 10.4 Å². The number of thiophene rings is 1. The molecule has 0 fully saturated rings. The van der Waals surface area contributed by atoms with E-state index >= 15 is 0 Å². The molecule has 8 aromatic rings. The summed E-state index contributed by atoms with van der Waals surface area (Å²) in [5, 5.41) is 4.85. The van der Waals surface area contributed by atoms with Crippen LogP contribution in [0.4, 0.5) is 17.1 Å². The Kier molecular flexibility index (Phi) is 5.04. The van der Waals surface area contributed by atoms with E-state index in [-0.39, 0.29) is 0 Å². The van der Waals surface area contributed by atoms with E-state index in [2.05, 4.69) is 132 Å². The normalized spacial score (nSPS) is 11.6. The standard InChI is InChI=1S/C36H23NOS/c1-3-11-24(12-4-1)27-20-21-31(36-35(27)29-16-8-10-18-34(29)39-36)37(25-13-5-2-6-14-25)26-19-22-33-30(23-26)28-15-7-9-17-32(28)38-33/h1-23H. The fourth-order valence-corrected chi connectivity index (χ4v) is 6.94. The number of rotatable bonds is 4. The minimum Gasteiger partial charge on any atom is -0.456 e. The highest BCUT2D eigenvalue weighted by Gasteiger charge is 2.21. The Balaban J connectivity index is 1.44. The molecule has 0 amide bonds. The Labute approximate surface area is 230 Å². The van der Waals surface area contributed by atoms with Crippen molar-refractivity contribution in [3.8, 4) is 11.1 Å². The molecule has 0 radical (unpaired) electrons. The Morgan fingerprint density at radius 1 is 0.513 bits per heavy atom. The Bertz CT molecular complexity index is 2120. The number of anilines is 3. The second kappa shape index (κ2) is 8.87. The highest BCUT2D eigenvalue weighted by Crippen LogP contribution is 2.48. The Morgan fingerprint density at radius 2 is 1.21 bits per heavy atom. The monoisotopic (exact) mass is 517 g/mol. The summed E-state index contributed by atoms with van der Waals surface area (Å²) in [6.45, 7) is 0. The van der Waals surface area contributed by atoms with Gasteiger partial charge in [0.2, 0.25) is 0 Å². The number of hydrogen-bond acceptors (Lipinski definition) is 3. The van der Waals surface area contributed by atoms with Crippen LogP contribution in [0.25, 0.3) is 53.2 Å². The summed E-state index contributed by atoms with van der Waals surface area (Å²) in [5.74, 6) is 0. The molecule has 0 saturated heterocycles. The molecule has 2 nitrogen and oxygen atoms in total. The van der Waals surface area contributed by atoms with Crippen LogP contribution in [0.1, 0.15) is 0 Å². The van der Waals surface area contributed by atoms with Crippen LogP contribution in [-0.4, -0.2) is 0 Å². The van der Waals surface area contributed by atoms with Crippen LogP contribution in [0.5, 0.6) is 0 Å². The second-order valence-electron chi connectivity index (χ2n) is 9.75. The largest absolute Gasteiger partial charge is 0.456 e. The smallest absolute Gasteiger partial charge is 0.135 e. The second-order valence-corrected chi connectivity index (χ2v) is 10.8. The van der Waals surface area contributed by atoms with Crippen molar-refractivity contribution in [1.29, 1.82) is 0 Å². The van der Waals surface area contributed by atoms with E-state index in [1.807, 2.05) is 23.5 Å². The number of hydrogen-bond donors (Lipinski definition) is 0. The van der Waals surface area contributed by atoms with Crippen molar-refractivity contribution < 1.29 is 4.42 Å². The van der Waals surface area contributed by atoms with E-state index in [1.54, 1.807) is 0 Å². The third-order valence-electron chi connectivity index (χ3n) is 7.46. The number of fused-ring (bicyclic) bond motifs is 6. The Hall–Kier alpha value is -4.86. The maximum absolute atomic E-state index is 6.16. The average Bonchev–Trinajstić information content (AvgIpc) is 3.57. The first-order valence-electron chi connectivity index (χ1n) is 13.1. The highest BCUT2D eigenvalue weighted by molar-refractivity contribution is 7.26. The molecule has 3 heteroatoms. The first kappa shape index (κ1) is 22.2. The van der Waals surface area contributed by atoms with Gasteiger partial charge in [-0.1, -0.05) is 91.0 Å². The molecule has 0 aliphatic heterocycles. The first-order valence-corrected chi connectivity index (χ1v) is 13.9. The van der Waals surface area contributed by atoms with Gasteiger partial charge in [0.1, 0.15) is 11.2 Å². The van der Waals surface area contributed by atoms with Gasteiger partial charge in [-0.15, -0.1) is 11.3 Å². The van der Waals surface area contributed by atoms with Gasteiger partial charge >= 0.3 is 0 Å². The third-order valence-corrected chi connectivity index (χ3v) is 8.66. The SMILES string of the molecule is c1ccc(-c2ccc(N(c3ccccc3)c3ccc4oc5ccccc5c4c3)c3sc4ccccc4c23)cc1. The molecule has 8 rings (SSSR count). The van der Waals surface area contributed by atoms with Crippen molar-refractivity contribution in [2.75, 3.05) is 4.90 Å². The zero-order chi connectivity index (χ0) is 25.8. The molecule has 2 heterocycles. The van der Waals surface area contributed by atoms with E-state index in [0.29, 0.717) is 0 Å². The summed E-state index contributed by atoms with van der Waals surface area (Å²) in [4.78, 5) is 2.38. The predicted molar refractivity (Wildman–Crippen MR) is 167 cm³/mol. The van der Waals surface area contributed by atoms with E-state index in [1.165, 1.54) is 37.0 Å². The molecule has 0 aliphatic carbocycles. The number of furan rings is 1. The van der Waals surface area contributed by atoms with Crippen LogP contribution in [0, 0.1) is 0 Å². The summed E-state index contributed by atoms with van der Waals surface area (Å²) >= 11 is 1.86. The summed E-state index contributed by atoms with van der Waals surface area (Å²) in [5.41, 5.74) is 7.70. The molecule has 0 spiro atoms. The van der Waals surface area contributed by atoms with Gasteiger partial charge in [-0.2, -0.15) is 0 Å². The molecule has 0 unspecified atom stereocenters. The third kappa shape index (κ3) is 3.55. The number of benzene rings is 6. The van der Waals surface area contributed by atoms with E-state index in [0.717, 1.165) is 33.3 Å². The number of para-hydroxylation sites is 2. The lowest BCUT2D eigenvalue weighted by molar-refractivity contribution is 0.669. The fourth-order valence-electron chi connectivity index (χ4n) is 5.71. The molecule has 0 aliphatic rings. The van der Waals surface area contributed by atoms with E-state index in [9.17, 15) is 0 Å². The van der Waals surface area contributed by atoms with Gasteiger partial charge in [-0.25, -0.2) is 0 Å². The van der Waals surface area contributed by atoms with Gasteiger partial charge in [0, 0.05) is 37.6 Å². The molecule has 0 N–H and O–H groups in total. The molecular formula is C36H23NOS. The quantitative estimate of drug-likeness (QED) is 0.231. The van der Waals surface area contributed by atoms with Crippen LogP contribution in [-0.2, 0) is 0 Å². The molecule has 0 bridgehead atoms. The molecule has 184 valence electrons. The molecule has 39 heavy (non-hydrogen) atoms. The predicted octanol–water partition coefficient (Wildman–Crippen LogP) is 11.1. The lowest BCUT2D eigenvalue weighted by Crippen LogP contribution is -2.10. The van der Waals surface area contributed by atoms with Crippen LogP contribution < -0.4 is 4.90 Å². The number of nitrogens with zero attached hydrogens (tertiary/aromatic N) is 1. The zero-order valence-corrected chi connectivity index (χ0v) is 21.9. The Morgan fingerprint density at radius 3 is 2.05 bits per heavy atom. The van der Waals surface area contributed by atoms with Crippen molar-refractivity contribution in [2.45, 2.75) is 0 Å². The van der Waals surface area contributed by atoms with Gasteiger partial charge in [-0.3, -0.25) is 0 Å². The van der Waals surface area contributed by atoms with Crippen molar-refractivity contribution in [3.05, 3.63) is 140 Å². The van der Waals surface area contributed by atoms with Crippen LogP contribution in [0.15, 0.2) is 144 Å². The molecule has 0 saturated carbocycles. The van der Waals surface area contributed by atoms with Crippen molar-refractivity contribution in [2.24, 2.45) is 0 Å². The molecule has 2 aromatic heterocycles. The summed E-state index contributed by atoms with van der Waals surface area (Å²) in [7, 11) is 0. The van der Waals surface area contributed by atoms with Crippen molar-refractivity contribution >= 4 is 70.5 Å². The maximum atomic E-state index is 6.16. The average molecular weight is 518 g/mol. The fraction of sp³-hybridized carbons (Fsp3) is 0. The summed E-state index contributed by atoms with van der Waals surface area (Å²) in [6.07, 6.45) is 0. The molecule has 6 aromatic carbocycles. The molecular weight excluding hydrogens is 494 g/mol. The zero-order valence-electron chi connectivity index (χ0n) is 21.0. The van der Waals surface area contributed by atoms with Gasteiger partial charge in [-0.05, 0) is 59.7 Å². The lowest BCUT2D eigenvalue weighted by Gasteiger charge is -2.26. The van der Waals surface area contributed by atoms with Crippen LogP contribution in [0.3, 0.4) is 0 Å². The highest BCUT2D eigenvalue weighted by atomic mass is 32.1. The van der Waals surface area contributed by atoms with Crippen LogP contribution in [0.2, 0.25) is 0 Å². The first-order chi connectivity index (χ1) is 19.3.